The lowest BCUT2D eigenvalue weighted by Gasteiger charge is -2.17. The minimum atomic E-state index is 0.0330. The number of hydrogen-bond donors (Lipinski definition) is 0. The van der Waals surface area contributed by atoms with E-state index in [4.69, 9.17) is 16.3 Å². The molecule has 26 heavy (non-hydrogen) atoms. The van der Waals surface area contributed by atoms with Crippen LogP contribution in [0.3, 0.4) is 0 Å². The number of halogens is 1. The molecule has 0 aromatic carbocycles. The van der Waals surface area contributed by atoms with Gasteiger partial charge in [-0.05, 0) is 30.2 Å². The van der Waals surface area contributed by atoms with Crippen molar-refractivity contribution in [2.75, 3.05) is 26.3 Å². The molecule has 7 heteroatoms. The minimum Gasteiger partial charge on any atom is -0.380 e. The van der Waals surface area contributed by atoms with Crippen molar-refractivity contribution in [2.45, 2.75) is 13.0 Å². The number of fused-ring (bicyclic) bond motifs is 1. The quantitative estimate of drug-likeness (QED) is 0.643. The van der Waals surface area contributed by atoms with Gasteiger partial charge < -0.3 is 9.30 Å². The highest BCUT2D eigenvalue weighted by Gasteiger charge is 2.16. The molecule has 1 saturated heterocycles. The van der Waals surface area contributed by atoms with Crippen molar-refractivity contribution in [1.29, 1.82) is 0 Å². The van der Waals surface area contributed by atoms with E-state index in [9.17, 15) is 4.79 Å². The van der Waals surface area contributed by atoms with E-state index in [1.54, 1.807) is 29.1 Å². The Bertz CT molecular complexity index is 990. The van der Waals surface area contributed by atoms with Crippen molar-refractivity contribution in [1.82, 2.24) is 14.5 Å². The predicted octanol–water partition coefficient (Wildman–Crippen LogP) is 3.54. The van der Waals surface area contributed by atoms with Gasteiger partial charge in [-0.15, -0.1) is 11.3 Å². The molecule has 3 aromatic rings. The molecule has 136 valence electrons. The van der Waals surface area contributed by atoms with Crippen LogP contribution in [0, 0.1) is 0 Å². The van der Waals surface area contributed by atoms with E-state index in [-0.39, 0.29) is 5.56 Å². The summed E-state index contributed by atoms with van der Waals surface area (Å²) in [5, 5.41) is 1.22. The Morgan fingerprint density at radius 2 is 2.19 bits per heavy atom. The topological polar surface area (TPSA) is 47.4 Å². The first-order valence-corrected chi connectivity index (χ1v) is 9.85. The molecule has 5 nitrogen and oxygen atoms in total. The Morgan fingerprint density at radius 1 is 1.31 bits per heavy atom. The Balaban J connectivity index is 1.77. The molecule has 0 N–H and O–H groups in total. The number of hydrogen-bond acceptors (Lipinski definition) is 5. The molecule has 0 amide bonds. The SMILES string of the molecule is Cn1cc(-c2ccnc(Cl)c2)c2sc(CN3CCCOCC3)cc2c1=O. The largest absolute Gasteiger partial charge is 0.380 e. The highest BCUT2D eigenvalue weighted by molar-refractivity contribution is 7.19. The molecule has 0 saturated carbocycles. The Hall–Kier alpha value is -1.73. The maximum absolute atomic E-state index is 12.6. The lowest BCUT2D eigenvalue weighted by molar-refractivity contribution is 0.140. The third-order valence-electron chi connectivity index (χ3n) is 4.63. The van der Waals surface area contributed by atoms with Crippen LogP contribution in [0.2, 0.25) is 5.15 Å². The monoisotopic (exact) mass is 389 g/mol. The van der Waals surface area contributed by atoms with Crippen LogP contribution in [0.15, 0.2) is 35.4 Å². The van der Waals surface area contributed by atoms with Gasteiger partial charge in [-0.3, -0.25) is 9.69 Å². The zero-order valence-electron chi connectivity index (χ0n) is 14.6. The maximum atomic E-state index is 12.6. The summed E-state index contributed by atoms with van der Waals surface area (Å²) < 4.78 is 8.19. The van der Waals surface area contributed by atoms with Crippen molar-refractivity contribution in [3.63, 3.8) is 0 Å². The van der Waals surface area contributed by atoms with Gasteiger partial charge >= 0.3 is 0 Å². The van der Waals surface area contributed by atoms with Gasteiger partial charge in [0.15, 0.2) is 0 Å². The van der Waals surface area contributed by atoms with Crippen LogP contribution in [-0.4, -0.2) is 40.8 Å². The fraction of sp³-hybridized carbons (Fsp3) is 0.368. The minimum absolute atomic E-state index is 0.0330. The van der Waals surface area contributed by atoms with Gasteiger partial charge in [0.2, 0.25) is 0 Å². The van der Waals surface area contributed by atoms with Crippen molar-refractivity contribution < 1.29 is 4.74 Å². The van der Waals surface area contributed by atoms with E-state index in [1.165, 1.54) is 4.88 Å². The van der Waals surface area contributed by atoms with Crippen LogP contribution in [0.5, 0.6) is 0 Å². The molecule has 0 aliphatic carbocycles. The molecule has 1 aliphatic rings. The van der Waals surface area contributed by atoms with Crippen molar-refractivity contribution >= 4 is 33.0 Å². The molecule has 4 heterocycles. The molecule has 0 spiro atoms. The van der Waals surface area contributed by atoms with Crippen LogP contribution < -0.4 is 5.56 Å². The predicted molar refractivity (Wildman–Crippen MR) is 106 cm³/mol. The highest BCUT2D eigenvalue weighted by atomic mass is 35.5. The summed E-state index contributed by atoms with van der Waals surface area (Å²) in [6.45, 7) is 4.41. The van der Waals surface area contributed by atoms with Gasteiger partial charge in [0.25, 0.3) is 5.56 Å². The number of aromatic nitrogens is 2. The summed E-state index contributed by atoms with van der Waals surface area (Å²) in [6, 6.07) is 5.81. The van der Waals surface area contributed by atoms with Gasteiger partial charge in [0, 0.05) is 60.8 Å². The number of thiophene rings is 1. The molecule has 3 aromatic heterocycles. The molecule has 1 aliphatic heterocycles. The van der Waals surface area contributed by atoms with E-state index in [1.807, 2.05) is 24.4 Å². The number of pyridine rings is 2. The molecule has 1 fully saturated rings. The lowest BCUT2D eigenvalue weighted by Crippen LogP contribution is -2.25. The Kier molecular flexibility index (Phi) is 5.09. The second-order valence-electron chi connectivity index (χ2n) is 6.52. The summed E-state index contributed by atoms with van der Waals surface area (Å²) in [7, 11) is 1.79. The smallest absolute Gasteiger partial charge is 0.259 e. The summed E-state index contributed by atoms with van der Waals surface area (Å²) in [5.74, 6) is 0. The van der Waals surface area contributed by atoms with Gasteiger partial charge in [0.1, 0.15) is 5.15 Å². The normalized spacial score (nSPS) is 16.1. The number of rotatable bonds is 3. The van der Waals surface area contributed by atoms with E-state index in [0.29, 0.717) is 5.15 Å². The summed E-state index contributed by atoms with van der Waals surface area (Å²) in [5.41, 5.74) is 2.02. The first-order valence-electron chi connectivity index (χ1n) is 8.66. The van der Waals surface area contributed by atoms with E-state index in [2.05, 4.69) is 9.88 Å². The second kappa shape index (κ2) is 7.48. The number of ether oxygens (including phenoxy) is 1. The van der Waals surface area contributed by atoms with Gasteiger partial charge in [0.05, 0.1) is 12.0 Å². The molecule has 0 unspecified atom stereocenters. The fourth-order valence-electron chi connectivity index (χ4n) is 3.33. The van der Waals surface area contributed by atoms with Crippen LogP contribution in [0.1, 0.15) is 11.3 Å². The molecule has 4 rings (SSSR count). The zero-order valence-corrected chi connectivity index (χ0v) is 16.1. The molecule has 0 bridgehead atoms. The Morgan fingerprint density at radius 3 is 3.04 bits per heavy atom. The zero-order chi connectivity index (χ0) is 18.1. The third-order valence-corrected chi connectivity index (χ3v) is 5.99. The highest BCUT2D eigenvalue weighted by Crippen LogP contribution is 2.34. The van der Waals surface area contributed by atoms with Gasteiger partial charge in [-0.2, -0.15) is 0 Å². The van der Waals surface area contributed by atoms with Crippen LogP contribution in [-0.2, 0) is 18.3 Å². The van der Waals surface area contributed by atoms with Crippen LogP contribution in [0.25, 0.3) is 21.2 Å². The molecular formula is C19H20ClN3O2S. The Labute approximate surface area is 160 Å². The van der Waals surface area contributed by atoms with Crippen LogP contribution in [0.4, 0.5) is 0 Å². The van der Waals surface area contributed by atoms with Crippen molar-refractivity contribution in [3.05, 3.63) is 51.0 Å². The van der Waals surface area contributed by atoms with E-state index >= 15 is 0 Å². The number of aryl methyl sites for hydroxylation is 1. The standard InChI is InChI=1S/C19H20ClN3O2S/c1-22-12-16(13-3-4-21-17(20)9-13)18-15(19(22)24)10-14(26-18)11-23-5-2-7-25-8-6-23/h3-4,9-10,12H,2,5-8,11H2,1H3. The third kappa shape index (κ3) is 3.55. The van der Waals surface area contributed by atoms with Crippen molar-refractivity contribution in [2.24, 2.45) is 7.05 Å². The summed E-state index contributed by atoms with van der Waals surface area (Å²) >= 11 is 7.76. The van der Waals surface area contributed by atoms with Crippen LogP contribution >= 0.6 is 22.9 Å². The van der Waals surface area contributed by atoms with Crippen molar-refractivity contribution in [3.8, 4) is 11.1 Å². The summed E-state index contributed by atoms with van der Waals surface area (Å²) in [6.07, 6.45) is 4.63. The average Bonchev–Trinajstić information content (AvgIpc) is 2.87. The van der Waals surface area contributed by atoms with Gasteiger partial charge in [-0.1, -0.05) is 11.6 Å². The first kappa shape index (κ1) is 17.7. The van der Waals surface area contributed by atoms with E-state index < -0.39 is 0 Å². The average molecular weight is 390 g/mol. The first-order chi connectivity index (χ1) is 12.6. The molecule has 0 atom stereocenters. The lowest BCUT2D eigenvalue weighted by atomic mass is 10.1. The summed E-state index contributed by atoms with van der Waals surface area (Å²) in [4.78, 5) is 20.3. The van der Waals surface area contributed by atoms with Gasteiger partial charge in [-0.25, -0.2) is 4.98 Å². The fourth-order valence-corrected chi connectivity index (χ4v) is 4.73. The second-order valence-corrected chi connectivity index (χ2v) is 8.05. The molecular weight excluding hydrogens is 370 g/mol. The van der Waals surface area contributed by atoms with E-state index in [0.717, 1.165) is 60.5 Å². The number of nitrogens with zero attached hydrogens (tertiary/aromatic N) is 3. The molecule has 0 radical (unpaired) electrons. The maximum Gasteiger partial charge on any atom is 0.259 e.